The van der Waals surface area contributed by atoms with E-state index in [1.165, 1.54) is 24.2 Å². The first-order chi connectivity index (χ1) is 8.11. The Morgan fingerprint density at radius 3 is 2.88 bits per heavy atom. The molecule has 0 saturated heterocycles. The average molecular weight is 253 g/mol. The third-order valence-electron chi connectivity index (χ3n) is 3.08. The van der Waals surface area contributed by atoms with Crippen molar-refractivity contribution in [3.63, 3.8) is 0 Å². The Labute approximate surface area is 106 Å². The van der Waals surface area contributed by atoms with Crippen LogP contribution in [0.2, 0.25) is 0 Å². The van der Waals surface area contributed by atoms with E-state index in [9.17, 15) is 4.79 Å². The Bertz CT molecular complexity index is 412. The molecule has 3 N–H and O–H groups in total. The summed E-state index contributed by atoms with van der Waals surface area (Å²) in [5, 5.41) is 3.92. The minimum Gasteiger partial charge on any atom is -0.350 e. The van der Waals surface area contributed by atoms with E-state index in [0.29, 0.717) is 12.5 Å². The van der Waals surface area contributed by atoms with Crippen LogP contribution in [0.1, 0.15) is 40.1 Å². The maximum Gasteiger partial charge on any atom is 0.263 e. The fourth-order valence-electron chi connectivity index (χ4n) is 1.80. The lowest BCUT2D eigenvalue weighted by molar-refractivity contribution is 0.0953. The number of amides is 1. The molecule has 1 aromatic rings. The highest BCUT2D eigenvalue weighted by Gasteiger charge is 2.28. The van der Waals surface area contributed by atoms with E-state index in [2.05, 4.69) is 10.3 Å². The number of carbonyl (C=O) groups excluding carboxylic acids is 1. The summed E-state index contributed by atoms with van der Waals surface area (Å²) >= 11 is 1.48. The number of nitrogens with one attached hydrogen (secondary N) is 1. The largest absolute Gasteiger partial charge is 0.350 e. The van der Waals surface area contributed by atoms with Gasteiger partial charge in [0.1, 0.15) is 4.88 Å². The van der Waals surface area contributed by atoms with Gasteiger partial charge in [0, 0.05) is 12.6 Å². The van der Waals surface area contributed by atoms with Gasteiger partial charge in [-0.25, -0.2) is 4.98 Å². The number of hydrogen-bond donors (Lipinski definition) is 2. The van der Waals surface area contributed by atoms with Crippen LogP contribution in [0.5, 0.6) is 0 Å². The number of rotatable bonds is 5. The fraction of sp³-hybridized carbons (Fsp3) is 0.667. The molecular weight excluding hydrogens is 234 g/mol. The summed E-state index contributed by atoms with van der Waals surface area (Å²) in [5.74, 6) is 0.583. The van der Waals surface area contributed by atoms with Crippen molar-refractivity contribution in [2.45, 2.75) is 39.2 Å². The number of aryl methyl sites for hydroxylation is 2. The number of carbonyl (C=O) groups is 1. The lowest BCUT2D eigenvalue weighted by Crippen LogP contribution is -2.38. The zero-order valence-electron chi connectivity index (χ0n) is 10.3. The van der Waals surface area contributed by atoms with E-state index < -0.39 is 0 Å². The Balaban J connectivity index is 1.91. The molecule has 0 aliphatic heterocycles. The Morgan fingerprint density at radius 1 is 1.65 bits per heavy atom. The summed E-state index contributed by atoms with van der Waals surface area (Å²) in [7, 11) is 0. The first kappa shape index (κ1) is 12.5. The second kappa shape index (κ2) is 5.14. The highest BCUT2D eigenvalue weighted by Crippen LogP contribution is 2.31. The predicted molar refractivity (Wildman–Crippen MR) is 69.3 cm³/mol. The summed E-state index contributed by atoms with van der Waals surface area (Å²) in [5.41, 5.74) is 6.77. The third-order valence-corrected chi connectivity index (χ3v) is 4.38. The minimum atomic E-state index is -0.0317. The van der Waals surface area contributed by atoms with Gasteiger partial charge in [0.2, 0.25) is 0 Å². The molecule has 2 rings (SSSR count). The summed E-state index contributed by atoms with van der Waals surface area (Å²) in [4.78, 5) is 17.0. The molecule has 1 unspecified atom stereocenters. The smallest absolute Gasteiger partial charge is 0.263 e. The van der Waals surface area contributed by atoms with E-state index >= 15 is 0 Å². The Kier molecular flexibility index (Phi) is 3.79. The second-order valence-corrected chi connectivity index (χ2v) is 5.67. The topological polar surface area (TPSA) is 68.0 Å². The van der Waals surface area contributed by atoms with Gasteiger partial charge in [-0.05, 0) is 32.1 Å². The standard InChI is InChI=1S/C12H19N3OS/c1-3-10-15-7(2)11(17-10)12(16)14-6-9(13)8-4-5-8/h8-9H,3-6,13H2,1-2H3,(H,14,16). The van der Waals surface area contributed by atoms with Crippen LogP contribution in [0.4, 0.5) is 0 Å². The molecule has 1 aliphatic rings. The first-order valence-electron chi connectivity index (χ1n) is 6.12. The van der Waals surface area contributed by atoms with Crippen LogP contribution in [-0.2, 0) is 6.42 Å². The van der Waals surface area contributed by atoms with Crippen LogP contribution in [0.25, 0.3) is 0 Å². The molecule has 0 bridgehead atoms. The predicted octanol–water partition coefficient (Wildman–Crippen LogP) is 1.48. The monoisotopic (exact) mass is 253 g/mol. The molecule has 17 heavy (non-hydrogen) atoms. The number of hydrogen-bond acceptors (Lipinski definition) is 4. The number of thiazole rings is 1. The molecule has 1 aliphatic carbocycles. The molecule has 0 spiro atoms. The van der Waals surface area contributed by atoms with E-state index in [-0.39, 0.29) is 11.9 Å². The zero-order chi connectivity index (χ0) is 12.4. The van der Waals surface area contributed by atoms with Crippen molar-refractivity contribution in [3.8, 4) is 0 Å². The van der Waals surface area contributed by atoms with Crippen LogP contribution < -0.4 is 11.1 Å². The molecule has 1 atom stereocenters. The lowest BCUT2D eigenvalue weighted by Gasteiger charge is -2.10. The quantitative estimate of drug-likeness (QED) is 0.835. The molecule has 5 heteroatoms. The van der Waals surface area contributed by atoms with Gasteiger partial charge in [0.15, 0.2) is 0 Å². The van der Waals surface area contributed by atoms with Gasteiger partial charge in [-0.3, -0.25) is 4.79 Å². The number of aromatic nitrogens is 1. The Morgan fingerprint density at radius 2 is 2.35 bits per heavy atom. The van der Waals surface area contributed by atoms with Gasteiger partial charge in [0.25, 0.3) is 5.91 Å². The molecule has 94 valence electrons. The number of nitrogens with two attached hydrogens (primary N) is 1. The van der Waals surface area contributed by atoms with Crippen LogP contribution in [0.3, 0.4) is 0 Å². The molecular formula is C12H19N3OS. The van der Waals surface area contributed by atoms with Crippen molar-refractivity contribution in [1.29, 1.82) is 0 Å². The molecule has 1 fully saturated rings. The summed E-state index contributed by atoms with van der Waals surface area (Å²) in [6.07, 6.45) is 3.29. The minimum absolute atomic E-state index is 0.0317. The normalized spacial score (nSPS) is 16.9. The molecule has 1 saturated carbocycles. The average Bonchev–Trinajstić information content (AvgIpc) is 3.09. The van der Waals surface area contributed by atoms with E-state index in [4.69, 9.17) is 5.73 Å². The van der Waals surface area contributed by atoms with Gasteiger partial charge >= 0.3 is 0 Å². The van der Waals surface area contributed by atoms with Crippen LogP contribution in [0.15, 0.2) is 0 Å². The van der Waals surface area contributed by atoms with Crippen molar-refractivity contribution < 1.29 is 4.79 Å². The van der Waals surface area contributed by atoms with Gasteiger partial charge in [-0.15, -0.1) is 11.3 Å². The SMILES string of the molecule is CCc1nc(C)c(C(=O)NCC(N)C2CC2)s1. The molecule has 0 aromatic carbocycles. The van der Waals surface area contributed by atoms with Gasteiger partial charge in [-0.2, -0.15) is 0 Å². The van der Waals surface area contributed by atoms with Crippen LogP contribution in [0, 0.1) is 12.8 Å². The van der Waals surface area contributed by atoms with Gasteiger partial charge < -0.3 is 11.1 Å². The second-order valence-electron chi connectivity index (χ2n) is 4.59. The fourth-order valence-corrected chi connectivity index (χ4v) is 2.72. The molecule has 4 nitrogen and oxygen atoms in total. The maximum absolute atomic E-state index is 11.9. The van der Waals surface area contributed by atoms with Gasteiger partial charge in [-0.1, -0.05) is 6.92 Å². The first-order valence-corrected chi connectivity index (χ1v) is 6.93. The maximum atomic E-state index is 11.9. The zero-order valence-corrected chi connectivity index (χ0v) is 11.1. The van der Waals surface area contributed by atoms with E-state index in [1.54, 1.807) is 0 Å². The van der Waals surface area contributed by atoms with Crippen molar-refractivity contribution in [3.05, 3.63) is 15.6 Å². The van der Waals surface area contributed by atoms with Crippen LogP contribution >= 0.6 is 11.3 Å². The molecule has 1 aromatic heterocycles. The molecule has 1 heterocycles. The summed E-state index contributed by atoms with van der Waals surface area (Å²) in [6.45, 7) is 4.50. The van der Waals surface area contributed by atoms with Crippen molar-refractivity contribution >= 4 is 17.2 Å². The highest BCUT2D eigenvalue weighted by molar-refractivity contribution is 7.13. The Hall–Kier alpha value is -0.940. The van der Waals surface area contributed by atoms with Crippen LogP contribution in [-0.4, -0.2) is 23.5 Å². The van der Waals surface area contributed by atoms with Crippen molar-refractivity contribution in [1.82, 2.24) is 10.3 Å². The molecule has 0 radical (unpaired) electrons. The summed E-state index contributed by atoms with van der Waals surface area (Å²) in [6, 6.07) is 0.109. The van der Waals surface area contributed by atoms with E-state index in [1.807, 2.05) is 13.8 Å². The van der Waals surface area contributed by atoms with Crippen molar-refractivity contribution in [2.24, 2.45) is 11.7 Å². The van der Waals surface area contributed by atoms with Gasteiger partial charge in [0.05, 0.1) is 10.7 Å². The van der Waals surface area contributed by atoms with E-state index in [0.717, 1.165) is 22.0 Å². The summed E-state index contributed by atoms with van der Waals surface area (Å²) < 4.78 is 0. The van der Waals surface area contributed by atoms with Crippen molar-refractivity contribution in [2.75, 3.05) is 6.54 Å². The lowest BCUT2D eigenvalue weighted by atomic mass is 10.2. The number of nitrogens with zero attached hydrogens (tertiary/aromatic N) is 1. The molecule has 1 amide bonds. The highest BCUT2D eigenvalue weighted by atomic mass is 32.1. The third kappa shape index (κ3) is 3.04.